The van der Waals surface area contributed by atoms with Gasteiger partial charge in [-0.25, -0.2) is 4.79 Å². The van der Waals surface area contributed by atoms with Gasteiger partial charge in [-0.3, -0.25) is 19.6 Å². The number of hydrogen-bond donors (Lipinski definition) is 0. The highest BCUT2D eigenvalue weighted by Crippen LogP contribution is 2.21. The number of hydrogen-bond acceptors (Lipinski definition) is 5. The van der Waals surface area contributed by atoms with Gasteiger partial charge in [0, 0.05) is 25.5 Å². The molecule has 0 radical (unpaired) electrons. The third-order valence-electron chi connectivity index (χ3n) is 6.38. The van der Waals surface area contributed by atoms with Crippen molar-refractivity contribution < 1.29 is 14.3 Å². The normalized spacial score (nSPS) is 15.3. The number of rotatable bonds is 11. The van der Waals surface area contributed by atoms with E-state index in [0.717, 1.165) is 36.9 Å². The van der Waals surface area contributed by atoms with Gasteiger partial charge in [-0.1, -0.05) is 60.7 Å². The molecule has 0 N–H and O–H groups in total. The molecule has 6 heteroatoms. The summed E-state index contributed by atoms with van der Waals surface area (Å²) in [6.45, 7) is 2.56. The first-order valence-electron chi connectivity index (χ1n) is 12.3. The van der Waals surface area contributed by atoms with Gasteiger partial charge in [0.1, 0.15) is 6.61 Å². The fourth-order valence-electron chi connectivity index (χ4n) is 4.56. The molecule has 0 bridgehead atoms. The van der Waals surface area contributed by atoms with E-state index in [-0.39, 0.29) is 12.4 Å². The number of aromatic nitrogens is 1. The average molecular weight is 472 g/mol. The molecular formula is C29H33N3O3. The number of aryl methyl sites for hydroxylation is 1. The van der Waals surface area contributed by atoms with E-state index in [1.165, 1.54) is 5.56 Å². The van der Waals surface area contributed by atoms with Crippen LogP contribution >= 0.6 is 0 Å². The van der Waals surface area contributed by atoms with E-state index in [9.17, 15) is 9.59 Å². The zero-order valence-corrected chi connectivity index (χ0v) is 20.1. The van der Waals surface area contributed by atoms with Gasteiger partial charge in [-0.2, -0.15) is 0 Å². The van der Waals surface area contributed by atoms with Crippen LogP contribution in [0.2, 0.25) is 0 Å². The van der Waals surface area contributed by atoms with Gasteiger partial charge in [0.2, 0.25) is 0 Å². The minimum absolute atomic E-state index is 0.0768. The predicted octanol–water partition coefficient (Wildman–Crippen LogP) is 4.89. The third-order valence-corrected chi connectivity index (χ3v) is 6.38. The fourth-order valence-corrected chi connectivity index (χ4v) is 4.56. The molecule has 1 amide bonds. The number of nitrogens with zero attached hydrogens (tertiary/aromatic N) is 3. The lowest BCUT2D eigenvalue weighted by Crippen LogP contribution is -2.45. The third kappa shape index (κ3) is 7.49. The lowest BCUT2D eigenvalue weighted by Gasteiger charge is -2.27. The summed E-state index contributed by atoms with van der Waals surface area (Å²) >= 11 is 0. The van der Waals surface area contributed by atoms with Crippen LogP contribution in [0.3, 0.4) is 0 Å². The van der Waals surface area contributed by atoms with Crippen molar-refractivity contribution in [2.45, 2.75) is 44.9 Å². The highest BCUT2D eigenvalue weighted by atomic mass is 16.6. The zero-order valence-electron chi connectivity index (χ0n) is 20.1. The minimum Gasteiger partial charge on any atom is -0.445 e. The second kappa shape index (κ2) is 12.8. The van der Waals surface area contributed by atoms with Gasteiger partial charge >= 0.3 is 6.09 Å². The number of benzene rings is 2. The summed E-state index contributed by atoms with van der Waals surface area (Å²) in [5, 5.41) is 0. The molecule has 2 aromatic carbocycles. The van der Waals surface area contributed by atoms with Gasteiger partial charge in [0.25, 0.3) is 0 Å². The van der Waals surface area contributed by atoms with E-state index in [4.69, 9.17) is 4.74 Å². The van der Waals surface area contributed by atoms with Crippen molar-refractivity contribution in [3.63, 3.8) is 0 Å². The number of ether oxygens (including phenoxy) is 1. The van der Waals surface area contributed by atoms with E-state index >= 15 is 0 Å². The summed E-state index contributed by atoms with van der Waals surface area (Å²) in [4.78, 5) is 34.0. The molecule has 4 rings (SSSR count). The first-order chi connectivity index (χ1) is 17.2. The maximum atomic E-state index is 13.4. The molecule has 0 saturated carbocycles. The highest BCUT2D eigenvalue weighted by Gasteiger charge is 2.35. The van der Waals surface area contributed by atoms with E-state index < -0.39 is 12.1 Å². The Bertz CT molecular complexity index is 1060. The van der Waals surface area contributed by atoms with Crippen molar-refractivity contribution in [1.82, 2.24) is 14.8 Å². The molecule has 1 fully saturated rings. The smallest absolute Gasteiger partial charge is 0.410 e. The molecule has 1 saturated heterocycles. The molecule has 1 aliphatic rings. The van der Waals surface area contributed by atoms with Crippen molar-refractivity contribution in [1.29, 1.82) is 0 Å². The van der Waals surface area contributed by atoms with Gasteiger partial charge in [-0.15, -0.1) is 0 Å². The number of likely N-dealkylation sites (tertiary alicyclic amines) is 1. The second-order valence-electron chi connectivity index (χ2n) is 9.01. The summed E-state index contributed by atoms with van der Waals surface area (Å²) < 4.78 is 5.52. The summed E-state index contributed by atoms with van der Waals surface area (Å²) in [5.74, 6) is 0.0768. The van der Waals surface area contributed by atoms with E-state index in [1.54, 1.807) is 17.3 Å². The Hall–Kier alpha value is -3.51. The Labute approximate surface area is 207 Å². The topological polar surface area (TPSA) is 62.7 Å². The maximum Gasteiger partial charge on any atom is 0.410 e. The van der Waals surface area contributed by atoms with Crippen molar-refractivity contribution >= 4 is 11.9 Å². The zero-order chi connectivity index (χ0) is 24.3. The van der Waals surface area contributed by atoms with Crippen LogP contribution in [-0.4, -0.2) is 52.3 Å². The standard InChI is InChI=1S/C29H33N3O3/c33-28(27-14-8-20-32(27)29(34)35-23-26-11-5-2-6-12-26)22-31(21-25-15-17-30-18-16-25)19-7-13-24-9-3-1-4-10-24/h1-6,9-12,15-18,27H,7-8,13-14,19-23H2/t27-/m0/s1. The number of carbonyl (C=O) groups is 2. The summed E-state index contributed by atoms with van der Waals surface area (Å²) in [6.07, 6.45) is 6.57. The lowest BCUT2D eigenvalue weighted by molar-refractivity contribution is -0.124. The first kappa shape index (κ1) is 24.6. The molecule has 1 atom stereocenters. The number of carbonyl (C=O) groups excluding carboxylic acids is 2. The van der Waals surface area contributed by atoms with E-state index in [0.29, 0.717) is 26.1 Å². The van der Waals surface area contributed by atoms with Gasteiger partial charge in [-0.05, 0) is 61.1 Å². The van der Waals surface area contributed by atoms with Gasteiger partial charge < -0.3 is 4.74 Å². The summed E-state index contributed by atoms with van der Waals surface area (Å²) in [5.41, 5.74) is 3.36. The van der Waals surface area contributed by atoms with E-state index in [2.05, 4.69) is 34.1 Å². The largest absolute Gasteiger partial charge is 0.445 e. The maximum absolute atomic E-state index is 13.4. The molecule has 1 aromatic heterocycles. The van der Waals surface area contributed by atoms with Crippen LogP contribution in [0.4, 0.5) is 4.79 Å². The van der Waals surface area contributed by atoms with Crippen LogP contribution in [0.1, 0.15) is 36.0 Å². The molecule has 35 heavy (non-hydrogen) atoms. The molecule has 6 nitrogen and oxygen atoms in total. The molecule has 0 spiro atoms. The highest BCUT2D eigenvalue weighted by molar-refractivity contribution is 5.89. The van der Waals surface area contributed by atoms with Crippen LogP contribution in [-0.2, 0) is 29.1 Å². The monoisotopic (exact) mass is 471 g/mol. The van der Waals surface area contributed by atoms with Crippen LogP contribution in [0.15, 0.2) is 85.2 Å². The quantitative estimate of drug-likeness (QED) is 0.399. The van der Waals surface area contributed by atoms with Crippen LogP contribution in [0.5, 0.6) is 0 Å². The lowest BCUT2D eigenvalue weighted by atomic mass is 10.1. The number of ketones is 1. The first-order valence-corrected chi connectivity index (χ1v) is 12.3. The van der Waals surface area contributed by atoms with Gasteiger partial charge in [0.05, 0.1) is 12.6 Å². The number of Topliss-reactive ketones (excluding diaryl/α,β-unsaturated/α-hetero) is 1. The second-order valence-corrected chi connectivity index (χ2v) is 9.01. The van der Waals surface area contributed by atoms with Crippen molar-refractivity contribution in [3.8, 4) is 0 Å². The minimum atomic E-state index is -0.424. The average Bonchev–Trinajstić information content (AvgIpc) is 3.40. The predicted molar refractivity (Wildman–Crippen MR) is 136 cm³/mol. The Morgan fingerprint density at radius 2 is 1.60 bits per heavy atom. The van der Waals surface area contributed by atoms with Crippen molar-refractivity contribution in [3.05, 3.63) is 102 Å². The van der Waals surface area contributed by atoms with Crippen LogP contribution in [0.25, 0.3) is 0 Å². The number of pyridine rings is 1. The molecular weight excluding hydrogens is 438 g/mol. The van der Waals surface area contributed by atoms with Crippen LogP contribution < -0.4 is 0 Å². The van der Waals surface area contributed by atoms with Gasteiger partial charge in [0.15, 0.2) is 5.78 Å². The fraction of sp³-hybridized carbons (Fsp3) is 0.345. The van der Waals surface area contributed by atoms with E-state index in [1.807, 2.05) is 48.5 Å². The summed E-state index contributed by atoms with van der Waals surface area (Å²) in [7, 11) is 0. The molecule has 2 heterocycles. The Morgan fingerprint density at radius 3 is 2.31 bits per heavy atom. The molecule has 0 aliphatic carbocycles. The Balaban J connectivity index is 1.35. The van der Waals surface area contributed by atoms with Crippen molar-refractivity contribution in [2.75, 3.05) is 19.6 Å². The molecule has 182 valence electrons. The van der Waals surface area contributed by atoms with Crippen molar-refractivity contribution in [2.24, 2.45) is 0 Å². The summed E-state index contributed by atoms with van der Waals surface area (Å²) in [6, 6.07) is 23.6. The molecule has 3 aromatic rings. The molecule has 0 unspecified atom stereocenters. The molecule has 1 aliphatic heterocycles. The Kier molecular flexibility index (Phi) is 9.01. The van der Waals surface area contributed by atoms with Crippen LogP contribution in [0, 0.1) is 0 Å². The number of amides is 1. The SMILES string of the molecule is O=C(CN(CCCc1ccccc1)Cc1ccncc1)[C@@H]1CCCN1C(=O)OCc1ccccc1. The Morgan fingerprint density at radius 1 is 0.914 bits per heavy atom.